The van der Waals surface area contributed by atoms with Crippen molar-refractivity contribution in [3.8, 4) is 0 Å². The first-order valence-electron chi connectivity index (χ1n) is 9.31. The van der Waals surface area contributed by atoms with E-state index in [0.29, 0.717) is 13.0 Å². The number of guanidine groups is 1. The highest BCUT2D eigenvalue weighted by Gasteiger charge is 2.20. The van der Waals surface area contributed by atoms with Crippen LogP contribution in [0.2, 0.25) is 5.02 Å². The summed E-state index contributed by atoms with van der Waals surface area (Å²) in [7, 11) is 1.74. The zero-order valence-electron chi connectivity index (χ0n) is 15.9. The molecule has 5 nitrogen and oxygen atoms in total. The SMILES string of the molecule is CN=C(NCCSc1ccc(Cl)cc1)NCCC(=O)N1CCc2sccc2C1. The van der Waals surface area contributed by atoms with E-state index in [-0.39, 0.29) is 5.91 Å². The lowest BCUT2D eigenvalue weighted by Crippen LogP contribution is -2.41. The van der Waals surface area contributed by atoms with E-state index in [2.05, 4.69) is 27.1 Å². The second-order valence-corrected chi connectivity index (χ2v) is 9.02. The number of rotatable bonds is 7. The molecule has 150 valence electrons. The van der Waals surface area contributed by atoms with E-state index >= 15 is 0 Å². The molecule has 1 aliphatic rings. The van der Waals surface area contributed by atoms with Crippen LogP contribution >= 0.6 is 34.7 Å². The highest BCUT2D eigenvalue weighted by atomic mass is 35.5. The third kappa shape index (κ3) is 6.15. The standard InChI is InChI=1S/C20H25ClN4OS2/c1-22-20(24-10-13-27-17-4-2-16(21)3-5-17)23-9-6-19(26)25-11-7-18-15(14-25)8-12-28-18/h2-5,8,12H,6-7,9-11,13-14H2,1H3,(H2,22,23,24). The van der Waals surface area contributed by atoms with Gasteiger partial charge in [0.05, 0.1) is 0 Å². The number of hydrogen-bond acceptors (Lipinski definition) is 4. The molecule has 2 N–H and O–H groups in total. The van der Waals surface area contributed by atoms with Crippen molar-refractivity contribution >= 4 is 46.6 Å². The number of amides is 1. The van der Waals surface area contributed by atoms with Gasteiger partial charge in [0.1, 0.15) is 0 Å². The number of nitrogens with one attached hydrogen (secondary N) is 2. The Morgan fingerprint density at radius 3 is 2.82 bits per heavy atom. The molecule has 1 aromatic heterocycles. The maximum atomic E-state index is 12.5. The topological polar surface area (TPSA) is 56.7 Å². The number of carbonyl (C=O) groups is 1. The summed E-state index contributed by atoms with van der Waals surface area (Å²) < 4.78 is 0. The molecule has 2 heterocycles. The minimum absolute atomic E-state index is 0.193. The predicted octanol–water partition coefficient (Wildman–Crippen LogP) is 3.63. The first-order chi connectivity index (χ1) is 13.7. The summed E-state index contributed by atoms with van der Waals surface area (Å²) in [6.45, 7) is 2.93. The number of thiophene rings is 1. The Hall–Kier alpha value is -1.70. The first-order valence-corrected chi connectivity index (χ1v) is 11.6. The average molecular weight is 437 g/mol. The Bertz CT molecular complexity index is 807. The second-order valence-electron chi connectivity index (χ2n) is 6.41. The Labute approximate surface area is 179 Å². The molecule has 1 aliphatic heterocycles. The van der Waals surface area contributed by atoms with Gasteiger partial charge in [0.15, 0.2) is 5.96 Å². The van der Waals surface area contributed by atoms with Crippen LogP contribution in [0.3, 0.4) is 0 Å². The molecular weight excluding hydrogens is 412 g/mol. The Morgan fingerprint density at radius 2 is 2.04 bits per heavy atom. The predicted molar refractivity (Wildman–Crippen MR) is 120 cm³/mol. The third-order valence-electron chi connectivity index (χ3n) is 4.49. The van der Waals surface area contributed by atoms with Gasteiger partial charge in [0.2, 0.25) is 5.91 Å². The van der Waals surface area contributed by atoms with Gasteiger partial charge in [-0.05, 0) is 47.7 Å². The van der Waals surface area contributed by atoms with E-state index in [1.54, 1.807) is 30.1 Å². The summed E-state index contributed by atoms with van der Waals surface area (Å²) in [5.41, 5.74) is 1.30. The number of nitrogens with zero attached hydrogens (tertiary/aromatic N) is 2. The first kappa shape index (κ1) is 21.0. The maximum Gasteiger partial charge on any atom is 0.224 e. The van der Waals surface area contributed by atoms with Gasteiger partial charge in [-0.25, -0.2) is 0 Å². The molecule has 0 aliphatic carbocycles. The molecule has 0 saturated carbocycles. The summed E-state index contributed by atoms with van der Waals surface area (Å²) in [4.78, 5) is 21.2. The zero-order valence-corrected chi connectivity index (χ0v) is 18.3. The molecular formula is C20H25ClN4OS2. The number of fused-ring (bicyclic) bond motifs is 1. The van der Waals surface area contributed by atoms with Gasteiger partial charge in [-0.3, -0.25) is 9.79 Å². The van der Waals surface area contributed by atoms with Gasteiger partial charge in [-0.1, -0.05) is 11.6 Å². The molecule has 1 aromatic carbocycles. The maximum absolute atomic E-state index is 12.5. The monoisotopic (exact) mass is 436 g/mol. The minimum Gasteiger partial charge on any atom is -0.356 e. The van der Waals surface area contributed by atoms with Gasteiger partial charge < -0.3 is 15.5 Å². The van der Waals surface area contributed by atoms with Crippen LogP contribution in [0.4, 0.5) is 0 Å². The fraction of sp³-hybridized carbons (Fsp3) is 0.400. The van der Waals surface area contributed by atoms with Gasteiger partial charge in [-0.2, -0.15) is 0 Å². The number of carbonyl (C=O) groups excluding carboxylic acids is 1. The van der Waals surface area contributed by atoms with Gasteiger partial charge in [-0.15, -0.1) is 23.1 Å². The van der Waals surface area contributed by atoms with E-state index in [4.69, 9.17) is 11.6 Å². The minimum atomic E-state index is 0.193. The zero-order chi connectivity index (χ0) is 19.8. The summed E-state index contributed by atoms with van der Waals surface area (Å²) in [5.74, 6) is 1.83. The van der Waals surface area contributed by atoms with Crippen molar-refractivity contribution in [1.82, 2.24) is 15.5 Å². The van der Waals surface area contributed by atoms with Gasteiger partial charge in [0, 0.05) is 60.2 Å². The molecule has 0 spiro atoms. The average Bonchev–Trinajstić information content (AvgIpc) is 3.18. The van der Waals surface area contributed by atoms with Crippen molar-refractivity contribution in [2.24, 2.45) is 4.99 Å². The van der Waals surface area contributed by atoms with E-state index in [0.717, 1.165) is 42.8 Å². The molecule has 3 rings (SSSR count). The third-order valence-corrected chi connectivity index (χ3v) is 6.78. The smallest absolute Gasteiger partial charge is 0.224 e. The highest BCUT2D eigenvalue weighted by Crippen LogP contribution is 2.24. The van der Waals surface area contributed by atoms with E-state index in [1.807, 2.05) is 29.2 Å². The number of hydrogen-bond donors (Lipinski definition) is 2. The van der Waals surface area contributed by atoms with E-state index < -0.39 is 0 Å². The summed E-state index contributed by atoms with van der Waals surface area (Å²) in [5, 5.41) is 9.37. The Balaban J connectivity index is 1.32. The van der Waals surface area contributed by atoms with Crippen molar-refractivity contribution < 1.29 is 4.79 Å². The molecule has 0 bridgehead atoms. The van der Waals surface area contributed by atoms with Crippen molar-refractivity contribution in [3.63, 3.8) is 0 Å². The van der Waals surface area contributed by atoms with Crippen molar-refractivity contribution in [2.45, 2.75) is 24.3 Å². The van der Waals surface area contributed by atoms with Crippen LogP contribution in [0.5, 0.6) is 0 Å². The van der Waals surface area contributed by atoms with Gasteiger partial charge >= 0.3 is 0 Å². The molecule has 28 heavy (non-hydrogen) atoms. The normalized spacial score (nSPS) is 13.9. The van der Waals surface area contributed by atoms with E-state index in [9.17, 15) is 4.79 Å². The van der Waals surface area contributed by atoms with Crippen molar-refractivity contribution in [1.29, 1.82) is 0 Å². The highest BCUT2D eigenvalue weighted by molar-refractivity contribution is 7.99. The number of thioether (sulfide) groups is 1. The molecule has 0 saturated heterocycles. The lowest BCUT2D eigenvalue weighted by atomic mass is 10.1. The van der Waals surface area contributed by atoms with Crippen LogP contribution in [-0.4, -0.2) is 49.2 Å². The Kier molecular flexibility index (Phi) is 8.06. The second kappa shape index (κ2) is 10.7. The number of benzene rings is 1. The lowest BCUT2D eigenvalue weighted by Gasteiger charge is -2.27. The largest absolute Gasteiger partial charge is 0.356 e. The number of aliphatic imine (C=N–C) groups is 1. The molecule has 8 heteroatoms. The molecule has 0 fully saturated rings. The summed E-state index contributed by atoms with van der Waals surface area (Å²) in [6, 6.07) is 9.97. The van der Waals surface area contributed by atoms with E-state index in [1.165, 1.54) is 15.3 Å². The fourth-order valence-corrected chi connectivity index (χ4v) is 4.78. The molecule has 0 unspecified atom stereocenters. The molecule has 0 radical (unpaired) electrons. The van der Waals surface area contributed by atoms with Crippen LogP contribution < -0.4 is 10.6 Å². The summed E-state index contributed by atoms with van der Waals surface area (Å²) >= 11 is 9.45. The van der Waals surface area contributed by atoms with Crippen LogP contribution in [-0.2, 0) is 17.8 Å². The van der Waals surface area contributed by atoms with Crippen LogP contribution in [0.15, 0.2) is 45.6 Å². The molecule has 1 amide bonds. The van der Waals surface area contributed by atoms with Gasteiger partial charge in [0.25, 0.3) is 0 Å². The lowest BCUT2D eigenvalue weighted by molar-refractivity contribution is -0.131. The Morgan fingerprint density at radius 1 is 1.25 bits per heavy atom. The fourth-order valence-electron chi connectivity index (χ4n) is 3.00. The quantitative estimate of drug-likeness (QED) is 0.301. The van der Waals surface area contributed by atoms with Crippen molar-refractivity contribution in [2.75, 3.05) is 32.4 Å². The van der Waals surface area contributed by atoms with Crippen LogP contribution in [0, 0.1) is 0 Å². The summed E-state index contributed by atoms with van der Waals surface area (Å²) in [6.07, 6.45) is 1.44. The van der Waals surface area contributed by atoms with Crippen LogP contribution in [0.25, 0.3) is 0 Å². The van der Waals surface area contributed by atoms with Crippen molar-refractivity contribution in [3.05, 3.63) is 51.2 Å². The van der Waals surface area contributed by atoms with Crippen LogP contribution in [0.1, 0.15) is 16.9 Å². The molecule has 0 atom stereocenters. The molecule has 2 aromatic rings. The number of halogens is 1.